The van der Waals surface area contributed by atoms with Crippen LogP contribution in [0.3, 0.4) is 0 Å². The van der Waals surface area contributed by atoms with E-state index in [1.807, 2.05) is 6.92 Å². The van der Waals surface area contributed by atoms with Gasteiger partial charge in [-0.2, -0.15) is 0 Å². The smallest absolute Gasteiger partial charge is 0.240 e. The van der Waals surface area contributed by atoms with Crippen LogP contribution in [0.4, 0.5) is 0 Å². The van der Waals surface area contributed by atoms with Gasteiger partial charge in [0.1, 0.15) is 0 Å². The Morgan fingerprint density at radius 3 is 2.53 bits per heavy atom. The standard InChI is InChI=1S/C12H18Cl2N2O2S/c1-2-3-4-9(8-15)16-19(17,18)10-5-6-11(13)12(14)7-10/h5-7,9,16H,2-4,8,15H2,1H3. The minimum absolute atomic E-state index is 0.0943. The zero-order chi connectivity index (χ0) is 14.5. The maximum Gasteiger partial charge on any atom is 0.240 e. The first kappa shape index (κ1) is 16.7. The summed E-state index contributed by atoms with van der Waals surface area (Å²) in [6.07, 6.45) is 2.63. The van der Waals surface area contributed by atoms with Crippen LogP contribution in [0.2, 0.25) is 10.0 Å². The quantitative estimate of drug-likeness (QED) is 0.810. The molecule has 0 amide bonds. The summed E-state index contributed by atoms with van der Waals surface area (Å²) in [5, 5.41) is 0.532. The number of hydrogen-bond acceptors (Lipinski definition) is 3. The second-order valence-electron chi connectivity index (χ2n) is 4.27. The van der Waals surface area contributed by atoms with E-state index >= 15 is 0 Å². The van der Waals surface area contributed by atoms with Crippen LogP contribution in [-0.2, 0) is 10.0 Å². The van der Waals surface area contributed by atoms with Crippen LogP contribution >= 0.6 is 23.2 Å². The van der Waals surface area contributed by atoms with Crippen molar-refractivity contribution >= 4 is 33.2 Å². The van der Waals surface area contributed by atoms with Crippen molar-refractivity contribution in [3.8, 4) is 0 Å². The molecule has 0 aliphatic heterocycles. The van der Waals surface area contributed by atoms with Gasteiger partial charge in [0.15, 0.2) is 0 Å². The highest BCUT2D eigenvalue weighted by Crippen LogP contribution is 2.24. The molecule has 3 N–H and O–H groups in total. The van der Waals surface area contributed by atoms with Crippen molar-refractivity contribution < 1.29 is 8.42 Å². The number of sulfonamides is 1. The predicted octanol–water partition coefficient (Wildman–Crippen LogP) is 2.79. The average Bonchev–Trinajstić information content (AvgIpc) is 2.37. The topological polar surface area (TPSA) is 72.2 Å². The summed E-state index contributed by atoms with van der Waals surface area (Å²) >= 11 is 11.6. The van der Waals surface area contributed by atoms with E-state index < -0.39 is 10.0 Å². The van der Waals surface area contributed by atoms with E-state index in [1.54, 1.807) is 0 Å². The molecule has 7 heteroatoms. The number of hydrogen-bond donors (Lipinski definition) is 2. The van der Waals surface area contributed by atoms with Gasteiger partial charge < -0.3 is 5.73 Å². The van der Waals surface area contributed by atoms with E-state index in [-0.39, 0.29) is 22.5 Å². The van der Waals surface area contributed by atoms with Gasteiger partial charge in [-0.3, -0.25) is 0 Å². The molecule has 0 aromatic heterocycles. The largest absolute Gasteiger partial charge is 0.329 e. The lowest BCUT2D eigenvalue weighted by atomic mass is 10.1. The van der Waals surface area contributed by atoms with Gasteiger partial charge in [-0.15, -0.1) is 0 Å². The minimum atomic E-state index is -3.61. The minimum Gasteiger partial charge on any atom is -0.329 e. The number of nitrogens with one attached hydrogen (secondary N) is 1. The van der Waals surface area contributed by atoms with Gasteiger partial charge in [-0.1, -0.05) is 43.0 Å². The number of rotatable bonds is 7. The molecule has 0 radical (unpaired) electrons. The molecule has 1 atom stereocenters. The van der Waals surface area contributed by atoms with Crippen LogP contribution in [0.5, 0.6) is 0 Å². The van der Waals surface area contributed by atoms with E-state index in [4.69, 9.17) is 28.9 Å². The second-order valence-corrected chi connectivity index (χ2v) is 6.80. The third kappa shape index (κ3) is 4.93. The highest BCUT2D eigenvalue weighted by molar-refractivity contribution is 7.89. The van der Waals surface area contributed by atoms with Crippen LogP contribution in [0.15, 0.2) is 23.1 Å². The molecular weight excluding hydrogens is 307 g/mol. The van der Waals surface area contributed by atoms with Gasteiger partial charge >= 0.3 is 0 Å². The van der Waals surface area contributed by atoms with Crippen molar-refractivity contribution in [3.63, 3.8) is 0 Å². The Hall–Kier alpha value is -0.330. The fourth-order valence-electron chi connectivity index (χ4n) is 1.61. The summed E-state index contributed by atoms with van der Waals surface area (Å²) in [6, 6.07) is 3.95. The summed E-state index contributed by atoms with van der Waals surface area (Å²) in [7, 11) is -3.61. The van der Waals surface area contributed by atoms with Crippen molar-refractivity contribution in [2.75, 3.05) is 6.54 Å². The fraction of sp³-hybridized carbons (Fsp3) is 0.500. The van der Waals surface area contributed by atoms with Crippen molar-refractivity contribution in [1.29, 1.82) is 0 Å². The van der Waals surface area contributed by atoms with Crippen molar-refractivity contribution in [1.82, 2.24) is 4.72 Å². The third-order valence-electron chi connectivity index (χ3n) is 2.71. The molecule has 0 bridgehead atoms. The molecule has 0 aliphatic rings. The zero-order valence-corrected chi connectivity index (χ0v) is 13.0. The molecule has 4 nitrogen and oxygen atoms in total. The third-order valence-corrected chi connectivity index (χ3v) is 4.97. The van der Waals surface area contributed by atoms with Gasteiger partial charge in [0, 0.05) is 12.6 Å². The van der Waals surface area contributed by atoms with E-state index in [0.717, 1.165) is 12.8 Å². The summed E-state index contributed by atoms with van der Waals surface area (Å²) < 4.78 is 26.9. The molecule has 0 saturated heterocycles. The first-order chi connectivity index (χ1) is 8.90. The average molecular weight is 325 g/mol. The van der Waals surface area contributed by atoms with Gasteiger partial charge in [0.2, 0.25) is 10.0 Å². The summed E-state index contributed by atoms with van der Waals surface area (Å²) in [5.41, 5.74) is 5.58. The number of nitrogens with two attached hydrogens (primary N) is 1. The molecule has 0 fully saturated rings. The molecule has 108 valence electrons. The monoisotopic (exact) mass is 324 g/mol. The normalized spacial score (nSPS) is 13.5. The van der Waals surface area contributed by atoms with Crippen molar-refractivity contribution in [2.24, 2.45) is 5.73 Å². The number of unbranched alkanes of at least 4 members (excludes halogenated alkanes) is 1. The molecule has 1 aromatic rings. The van der Waals surface area contributed by atoms with Gasteiger partial charge in [0.05, 0.1) is 14.9 Å². The zero-order valence-electron chi connectivity index (χ0n) is 10.7. The van der Waals surface area contributed by atoms with Gasteiger partial charge in [0.25, 0.3) is 0 Å². The maximum atomic E-state index is 12.2. The Kier molecular flexibility index (Phi) is 6.56. The highest BCUT2D eigenvalue weighted by atomic mass is 35.5. The number of halogens is 2. The summed E-state index contributed by atoms with van der Waals surface area (Å²) in [4.78, 5) is 0.0943. The molecule has 1 rings (SSSR count). The predicted molar refractivity (Wildman–Crippen MR) is 79.2 cm³/mol. The summed E-state index contributed by atoms with van der Waals surface area (Å²) in [6.45, 7) is 2.31. The Balaban J connectivity index is 2.87. The Labute approximate surface area is 124 Å². The fourth-order valence-corrected chi connectivity index (χ4v) is 3.28. The molecule has 0 aliphatic carbocycles. The van der Waals surface area contributed by atoms with Gasteiger partial charge in [-0.25, -0.2) is 13.1 Å². The van der Waals surface area contributed by atoms with Gasteiger partial charge in [-0.05, 0) is 24.6 Å². The molecule has 1 aromatic carbocycles. The highest BCUT2D eigenvalue weighted by Gasteiger charge is 2.19. The Bertz CT molecular complexity index is 520. The van der Waals surface area contributed by atoms with E-state index in [0.29, 0.717) is 11.4 Å². The molecule has 0 saturated carbocycles. The van der Waals surface area contributed by atoms with Crippen LogP contribution in [0.25, 0.3) is 0 Å². The SMILES string of the molecule is CCCCC(CN)NS(=O)(=O)c1ccc(Cl)c(Cl)c1. The maximum absolute atomic E-state index is 12.2. The second kappa shape index (κ2) is 7.45. The van der Waals surface area contributed by atoms with Crippen LogP contribution in [0.1, 0.15) is 26.2 Å². The number of benzene rings is 1. The Morgan fingerprint density at radius 2 is 2.00 bits per heavy atom. The Morgan fingerprint density at radius 1 is 1.32 bits per heavy atom. The molecule has 1 unspecified atom stereocenters. The molecule has 19 heavy (non-hydrogen) atoms. The van der Waals surface area contributed by atoms with Crippen molar-refractivity contribution in [3.05, 3.63) is 28.2 Å². The molecule has 0 spiro atoms. The summed E-state index contributed by atoms with van der Waals surface area (Å²) in [5.74, 6) is 0. The van der Waals surface area contributed by atoms with E-state index in [9.17, 15) is 8.42 Å². The van der Waals surface area contributed by atoms with E-state index in [1.165, 1.54) is 18.2 Å². The van der Waals surface area contributed by atoms with Crippen LogP contribution in [-0.4, -0.2) is 21.0 Å². The lowest BCUT2D eigenvalue weighted by molar-refractivity contribution is 0.516. The molecular formula is C12H18Cl2N2O2S. The molecule has 0 heterocycles. The first-order valence-corrected chi connectivity index (χ1v) is 8.32. The van der Waals surface area contributed by atoms with Crippen LogP contribution < -0.4 is 10.5 Å². The lowest BCUT2D eigenvalue weighted by Crippen LogP contribution is -2.40. The van der Waals surface area contributed by atoms with Crippen LogP contribution in [0, 0.1) is 0 Å². The van der Waals surface area contributed by atoms with Crippen molar-refractivity contribution in [2.45, 2.75) is 37.1 Å². The lowest BCUT2D eigenvalue weighted by Gasteiger charge is -2.16. The van der Waals surface area contributed by atoms with E-state index in [2.05, 4.69) is 4.72 Å². The first-order valence-electron chi connectivity index (χ1n) is 6.08.